The summed E-state index contributed by atoms with van der Waals surface area (Å²) < 4.78 is 0. The molecule has 5 nitrogen and oxygen atoms in total. The maximum atomic E-state index is 12.1. The Morgan fingerprint density at radius 3 is 2.11 bits per heavy atom. The molecule has 0 aliphatic rings. The van der Waals surface area contributed by atoms with Crippen molar-refractivity contribution in [3.05, 3.63) is 66.2 Å². The van der Waals surface area contributed by atoms with Crippen LogP contribution < -0.4 is 10.7 Å². The number of hydrazone groups is 1. The van der Waals surface area contributed by atoms with E-state index in [-0.39, 0.29) is 24.7 Å². The van der Waals surface area contributed by atoms with Crippen LogP contribution in [0.15, 0.2) is 65.8 Å². The lowest BCUT2D eigenvalue weighted by atomic mass is 10.0. The Hall–Kier alpha value is -2.95. The first-order chi connectivity index (χ1) is 13.2. The Labute approximate surface area is 160 Å². The smallest absolute Gasteiger partial charge is 0.240 e. The van der Waals surface area contributed by atoms with Crippen molar-refractivity contribution in [2.24, 2.45) is 5.10 Å². The molecule has 0 heterocycles. The molecule has 2 N–H and O–H groups in total. The molecule has 0 spiro atoms. The van der Waals surface area contributed by atoms with Crippen LogP contribution in [0.2, 0.25) is 0 Å². The molecule has 2 amide bonds. The van der Waals surface area contributed by atoms with Gasteiger partial charge in [0.15, 0.2) is 0 Å². The molecule has 2 aromatic rings. The molecule has 0 unspecified atom stereocenters. The summed E-state index contributed by atoms with van der Waals surface area (Å²) in [6.45, 7) is 2.15. The van der Waals surface area contributed by atoms with Gasteiger partial charge in [0.05, 0.1) is 5.71 Å². The molecule has 142 valence electrons. The molecule has 0 aliphatic heterocycles. The molecule has 27 heavy (non-hydrogen) atoms. The molecule has 0 bridgehead atoms. The maximum Gasteiger partial charge on any atom is 0.240 e. The zero-order chi connectivity index (χ0) is 19.3. The van der Waals surface area contributed by atoms with E-state index >= 15 is 0 Å². The fourth-order valence-corrected chi connectivity index (χ4v) is 2.60. The van der Waals surface area contributed by atoms with Crippen molar-refractivity contribution in [3.63, 3.8) is 0 Å². The third-order valence-corrected chi connectivity index (χ3v) is 4.08. The SMILES string of the molecule is CCCCC/C(=N/NC(=O)CCC(=O)Nc1ccccc1)c1ccccc1. The first-order valence-corrected chi connectivity index (χ1v) is 9.44. The number of unbranched alkanes of at least 4 members (excludes halogenated alkanes) is 2. The van der Waals surface area contributed by atoms with E-state index in [4.69, 9.17) is 0 Å². The summed E-state index contributed by atoms with van der Waals surface area (Å²) in [5.41, 5.74) is 5.20. The predicted molar refractivity (Wildman–Crippen MR) is 110 cm³/mol. The summed E-state index contributed by atoms with van der Waals surface area (Å²) in [6, 6.07) is 19.1. The molecule has 2 rings (SSSR count). The lowest BCUT2D eigenvalue weighted by Gasteiger charge is -2.08. The Bertz CT molecular complexity index is 743. The first-order valence-electron chi connectivity index (χ1n) is 9.44. The number of nitrogens with zero attached hydrogens (tertiary/aromatic N) is 1. The van der Waals surface area contributed by atoms with Crippen molar-refractivity contribution < 1.29 is 9.59 Å². The van der Waals surface area contributed by atoms with E-state index in [2.05, 4.69) is 22.8 Å². The van der Waals surface area contributed by atoms with E-state index in [1.807, 2.05) is 60.7 Å². The molecule has 2 aromatic carbocycles. The van der Waals surface area contributed by atoms with Crippen LogP contribution in [-0.2, 0) is 9.59 Å². The van der Waals surface area contributed by atoms with Gasteiger partial charge in [-0.15, -0.1) is 0 Å². The fourth-order valence-electron chi connectivity index (χ4n) is 2.60. The minimum Gasteiger partial charge on any atom is -0.326 e. The van der Waals surface area contributed by atoms with Gasteiger partial charge in [-0.05, 0) is 30.5 Å². The van der Waals surface area contributed by atoms with Crippen LogP contribution in [0.1, 0.15) is 51.0 Å². The van der Waals surface area contributed by atoms with Gasteiger partial charge in [0.25, 0.3) is 0 Å². The number of carbonyl (C=O) groups excluding carboxylic acids is 2. The van der Waals surface area contributed by atoms with Gasteiger partial charge in [-0.1, -0.05) is 68.3 Å². The standard InChI is InChI=1S/C22H27N3O2/c1-2-3-6-15-20(18-11-7-4-8-12-18)24-25-22(27)17-16-21(26)23-19-13-9-5-10-14-19/h4-5,7-14H,2-3,6,15-17H2,1H3,(H,23,26)(H,25,27)/b24-20-. The molecule has 0 aliphatic carbocycles. The topological polar surface area (TPSA) is 70.6 Å². The van der Waals surface area contributed by atoms with Gasteiger partial charge in [-0.25, -0.2) is 5.43 Å². The summed E-state index contributed by atoms with van der Waals surface area (Å²) in [5, 5.41) is 7.08. The van der Waals surface area contributed by atoms with Gasteiger partial charge in [0.1, 0.15) is 0 Å². The first kappa shape index (κ1) is 20.4. The normalized spacial score (nSPS) is 11.1. The zero-order valence-corrected chi connectivity index (χ0v) is 15.8. The average molecular weight is 365 g/mol. The van der Waals surface area contributed by atoms with E-state index in [9.17, 15) is 9.59 Å². The van der Waals surface area contributed by atoms with Gasteiger partial charge in [0, 0.05) is 18.5 Å². The predicted octanol–water partition coefficient (Wildman–Crippen LogP) is 4.51. The van der Waals surface area contributed by atoms with Crippen molar-refractivity contribution in [3.8, 4) is 0 Å². The van der Waals surface area contributed by atoms with Crippen LogP contribution in [0.5, 0.6) is 0 Å². The lowest BCUT2D eigenvalue weighted by molar-refractivity contribution is -0.124. The summed E-state index contributed by atoms with van der Waals surface area (Å²) in [4.78, 5) is 24.0. The summed E-state index contributed by atoms with van der Waals surface area (Å²) in [5.74, 6) is -0.450. The van der Waals surface area contributed by atoms with Gasteiger partial charge in [-0.2, -0.15) is 5.10 Å². The highest BCUT2D eigenvalue weighted by atomic mass is 16.2. The summed E-state index contributed by atoms with van der Waals surface area (Å²) in [7, 11) is 0. The minimum absolute atomic E-state index is 0.0964. The van der Waals surface area contributed by atoms with Crippen molar-refractivity contribution in [1.29, 1.82) is 0 Å². The lowest BCUT2D eigenvalue weighted by Crippen LogP contribution is -2.22. The summed E-state index contributed by atoms with van der Waals surface area (Å²) >= 11 is 0. The Kier molecular flexibility index (Phi) is 8.77. The van der Waals surface area contributed by atoms with Crippen molar-refractivity contribution in [2.45, 2.75) is 45.4 Å². The van der Waals surface area contributed by atoms with Crippen LogP contribution in [0.3, 0.4) is 0 Å². The molecule has 0 radical (unpaired) electrons. The van der Waals surface area contributed by atoms with Crippen LogP contribution in [0.25, 0.3) is 0 Å². The quantitative estimate of drug-likeness (QED) is 0.369. The largest absolute Gasteiger partial charge is 0.326 e. The number of hydrogen-bond acceptors (Lipinski definition) is 3. The number of amides is 2. The molecule has 0 atom stereocenters. The molecule has 5 heteroatoms. The van der Waals surface area contributed by atoms with Gasteiger partial charge >= 0.3 is 0 Å². The molecule has 0 fully saturated rings. The highest BCUT2D eigenvalue weighted by Crippen LogP contribution is 2.09. The molecule has 0 aromatic heterocycles. The Morgan fingerprint density at radius 1 is 0.815 bits per heavy atom. The number of para-hydroxylation sites is 1. The number of rotatable bonds is 10. The number of anilines is 1. The highest BCUT2D eigenvalue weighted by Gasteiger charge is 2.08. The van der Waals surface area contributed by atoms with E-state index in [0.717, 1.165) is 42.6 Å². The fraction of sp³-hybridized carbons (Fsp3) is 0.318. The minimum atomic E-state index is -0.262. The second-order valence-electron chi connectivity index (χ2n) is 6.33. The van der Waals surface area contributed by atoms with Crippen LogP contribution in [0.4, 0.5) is 5.69 Å². The zero-order valence-electron chi connectivity index (χ0n) is 15.8. The Balaban J connectivity index is 1.84. The van der Waals surface area contributed by atoms with Crippen LogP contribution in [-0.4, -0.2) is 17.5 Å². The number of nitrogens with one attached hydrogen (secondary N) is 2. The molecule has 0 saturated heterocycles. The monoisotopic (exact) mass is 365 g/mol. The molecular formula is C22H27N3O2. The van der Waals surface area contributed by atoms with Crippen molar-refractivity contribution >= 4 is 23.2 Å². The highest BCUT2D eigenvalue weighted by molar-refractivity contribution is 6.01. The van der Waals surface area contributed by atoms with Crippen LogP contribution in [0, 0.1) is 0 Å². The average Bonchev–Trinajstić information content (AvgIpc) is 2.70. The van der Waals surface area contributed by atoms with Gasteiger partial charge in [0.2, 0.25) is 11.8 Å². The second-order valence-corrected chi connectivity index (χ2v) is 6.33. The van der Waals surface area contributed by atoms with Crippen LogP contribution >= 0.6 is 0 Å². The van der Waals surface area contributed by atoms with E-state index < -0.39 is 0 Å². The molecule has 0 saturated carbocycles. The van der Waals surface area contributed by atoms with E-state index in [1.165, 1.54) is 0 Å². The third-order valence-electron chi connectivity index (χ3n) is 4.08. The third kappa shape index (κ3) is 7.86. The van der Waals surface area contributed by atoms with Gasteiger partial charge < -0.3 is 5.32 Å². The van der Waals surface area contributed by atoms with Gasteiger partial charge in [-0.3, -0.25) is 9.59 Å². The number of benzene rings is 2. The second kappa shape index (κ2) is 11.6. The van der Waals surface area contributed by atoms with Crippen molar-refractivity contribution in [2.75, 3.05) is 5.32 Å². The molecular weight excluding hydrogens is 338 g/mol. The maximum absolute atomic E-state index is 12.1. The van der Waals surface area contributed by atoms with E-state index in [1.54, 1.807) is 0 Å². The Morgan fingerprint density at radius 2 is 1.44 bits per heavy atom. The number of carbonyl (C=O) groups is 2. The summed E-state index contributed by atoms with van der Waals surface area (Å²) in [6.07, 6.45) is 4.31. The number of hydrogen-bond donors (Lipinski definition) is 2. The van der Waals surface area contributed by atoms with Crippen molar-refractivity contribution in [1.82, 2.24) is 5.43 Å². The van der Waals surface area contributed by atoms with E-state index in [0.29, 0.717) is 0 Å².